The van der Waals surface area contributed by atoms with Crippen LogP contribution >= 0.6 is 0 Å². The summed E-state index contributed by atoms with van der Waals surface area (Å²) in [6.07, 6.45) is -3.62. The predicted molar refractivity (Wildman–Crippen MR) is 83.0 cm³/mol. The first kappa shape index (κ1) is 18.9. The van der Waals surface area contributed by atoms with E-state index in [-0.39, 0.29) is 29.3 Å². The van der Waals surface area contributed by atoms with Gasteiger partial charge in [0, 0.05) is 12.1 Å². The number of hydrazone groups is 1. The number of hydrogen-bond donors (Lipinski definition) is 1. The second-order valence-corrected chi connectivity index (χ2v) is 6.20. The first-order chi connectivity index (χ1) is 11.5. The molecule has 0 saturated carbocycles. The lowest BCUT2D eigenvalue weighted by atomic mass is 10.1. The van der Waals surface area contributed by atoms with Crippen molar-refractivity contribution >= 4 is 17.3 Å². The zero-order valence-electron chi connectivity index (χ0n) is 14.2. The van der Waals surface area contributed by atoms with Crippen LogP contribution in [0.5, 0.6) is 0 Å². The highest BCUT2D eigenvalue weighted by molar-refractivity contribution is 5.89. The van der Waals surface area contributed by atoms with Crippen molar-refractivity contribution in [3.63, 3.8) is 0 Å². The van der Waals surface area contributed by atoms with Crippen LogP contribution in [0.1, 0.15) is 31.7 Å². The predicted octanol–water partition coefficient (Wildman–Crippen LogP) is 1.61. The molecule has 25 heavy (non-hydrogen) atoms. The molecule has 1 aliphatic rings. The Balaban J connectivity index is 2.24. The van der Waals surface area contributed by atoms with Crippen LogP contribution in [0.3, 0.4) is 0 Å². The molecule has 1 aromatic heterocycles. The fourth-order valence-corrected chi connectivity index (χ4v) is 2.83. The lowest BCUT2D eigenvalue weighted by molar-refractivity contribution is -0.386. The van der Waals surface area contributed by atoms with Crippen molar-refractivity contribution in [2.45, 2.75) is 52.8 Å². The van der Waals surface area contributed by atoms with Crippen molar-refractivity contribution in [2.75, 3.05) is 0 Å². The van der Waals surface area contributed by atoms with Crippen LogP contribution in [0.25, 0.3) is 0 Å². The molecular weight excluding hydrogens is 340 g/mol. The minimum absolute atomic E-state index is 0.0657. The molecule has 0 saturated heterocycles. The van der Waals surface area contributed by atoms with Crippen molar-refractivity contribution in [2.24, 2.45) is 11.0 Å². The van der Waals surface area contributed by atoms with Crippen molar-refractivity contribution in [3.05, 3.63) is 21.5 Å². The lowest BCUT2D eigenvalue weighted by Crippen LogP contribution is -2.53. The van der Waals surface area contributed by atoms with Gasteiger partial charge in [-0.3, -0.25) is 19.6 Å². The lowest BCUT2D eigenvalue weighted by Gasteiger charge is -2.31. The fourth-order valence-electron chi connectivity index (χ4n) is 2.83. The number of nitrogens with zero attached hydrogens (tertiary/aromatic N) is 5. The van der Waals surface area contributed by atoms with E-state index in [1.165, 1.54) is 32.4 Å². The average molecular weight is 359 g/mol. The molecule has 0 unspecified atom stereocenters. The van der Waals surface area contributed by atoms with Crippen LogP contribution in [0.4, 0.5) is 14.5 Å². The molecule has 1 aliphatic heterocycles. The van der Waals surface area contributed by atoms with E-state index in [9.17, 15) is 28.8 Å². The van der Waals surface area contributed by atoms with Crippen LogP contribution < -0.4 is 0 Å². The molecular formula is C14H19F2N5O4. The van der Waals surface area contributed by atoms with Gasteiger partial charge in [0.05, 0.1) is 17.4 Å². The SMILES string of the molecule is CC1=NN(C(=O)[C@H](C)Cn2nc(C)c([N+](=O)[O-])c2C)[C@](O)(C(F)F)C1. The number of amides is 1. The van der Waals surface area contributed by atoms with Crippen molar-refractivity contribution in [3.8, 4) is 0 Å². The fraction of sp³-hybridized carbons (Fsp3) is 0.643. The summed E-state index contributed by atoms with van der Waals surface area (Å²) in [5.74, 6) is -1.69. The topological polar surface area (TPSA) is 114 Å². The maximum absolute atomic E-state index is 13.2. The molecule has 11 heteroatoms. The summed E-state index contributed by atoms with van der Waals surface area (Å²) in [7, 11) is 0. The van der Waals surface area contributed by atoms with Crippen LogP contribution in [-0.2, 0) is 11.3 Å². The first-order valence-electron chi connectivity index (χ1n) is 7.56. The van der Waals surface area contributed by atoms with E-state index in [1.807, 2.05) is 0 Å². The number of nitro groups is 1. The number of halogens is 2. The van der Waals surface area contributed by atoms with E-state index in [2.05, 4.69) is 10.2 Å². The first-order valence-corrected chi connectivity index (χ1v) is 7.56. The highest BCUT2D eigenvalue weighted by Crippen LogP contribution is 2.33. The van der Waals surface area contributed by atoms with Gasteiger partial charge in [-0.05, 0) is 20.8 Å². The molecule has 2 heterocycles. The third-order valence-corrected chi connectivity index (χ3v) is 4.11. The van der Waals surface area contributed by atoms with Gasteiger partial charge in [-0.25, -0.2) is 8.78 Å². The van der Waals surface area contributed by atoms with E-state index >= 15 is 0 Å². The standard InChI is InChI=1S/C14H19F2N5O4/c1-7(6-19-10(4)11(21(24)25)9(3)18-19)12(22)20-14(23,13(15)16)5-8(2)17-20/h7,13,23H,5-6H2,1-4H3/t7-,14-/m1/s1. The van der Waals surface area contributed by atoms with Gasteiger partial charge in [0.2, 0.25) is 11.6 Å². The molecule has 2 rings (SSSR count). The summed E-state index contributed by atoms with van der Waals surface area (Å²) in [5.41, 5.74) is -2.16. The maximum Gasteiger partial charge on any atom is 0.312 e. The summed E-state index contributed by atoms with van der Waals surface area (Å²) in [4.78, 5) is 23.0. The number of aliphatic hydroxyl groups is 1. The molecule has 1 N–H and O–H groups in total. The Hall–Kier alpha value is -2.43. The smallest absolute Gasteiger partial charge is 0.312 e. The summed E-state index contributed by atoms with van der Waals surface area (Å²) in [6, 6.07) is 0. The quantitative estimate of drug-likeness (QED) is 0.634. The van der Waals surface area contributed by atoms with Crippen molar-refractivity contribution in [1.82, 2.24) is 14.8 Å². The molecule has 9 nitrogen and oxygen atoms in total. The van der Waals surface area contributed by atoms with E-state index in [0.29, 0.717) is 5.01 Å². The number of aromatic nitrogens is 2. The number of carbonyl (C=O) groups excluding carboxylic acids is 1. The summed E-state index contributed by atoms with van der Waals surface area (Å²) in [5, 5.41) is 29.3. The van der Waals surface area contributed by atoms with Gasteiger partial charge in [0.1, 0.15) is 11.4 Å². The normalized spacial score (nSPS) is 21.6. The molecule has 0 spiro atoms. The molecule has 1 aromatic rings. The Morgan fingerprint density at radius 1 is 1.44 bits per heavy atom. The van der Waals surface area contributed by atoms with Gasteiger partial charge in [-0.15, -0.1) is 0 Å². The summed E-state index contributed by atoms with van der Waals surface area (Å²) in [6.45, 7) is 5.79. The van der Waals surface area contributed by atoms with Gasteiger partial charge in [-0.1, -0.05) is 6.92 Å². The van der Waals surface area contributed by atoms with Gasteiger partial charge < -0.3 is 5.11 Å². The highest BCUT2D eigenvalue weighted by Gasteiger charge is 2.51. The molecule has 0 radical (unpaired) electrons. The Bertz CT molecular complexity index is 748. The zero-order valence-corrected chi connectivity index (χ0v) is 14.2. The Morgan fingerprint density at radius 3 is 2.52 bits per heavy atom. The average Bonchev–Trinajstić information content (AvgIpc) is 2.95. The third-order valence-electron chi connectivity index (χ3n) is 4.11. The molecule has 138 valence electrons. The number of carbonyl (C=O) groups is 1. The van der Waals surface area contributed by atoms with Gasteiger partial charge in [-0.2, -0.15) is 15.2 Å². The van der Waals surface area contributed by atoms with Crippen molar-refractivity contribution in [1.29, 1.82) is 0 Å². The van der Waals surface area contributed by atoms with Gasteiger partial charge in [0.15, 0.2) is 0 Å². The van der Waals surface area contributed by atoms with Crippen LogP contribution in [0.2, 0.25) is 0 Å². The van der Waals surface area contributed by atoms with E-state index in [4.69, 9.17) is 0 Å². The van der Waals surface area contributed by atoms with Crippen LogP contribution in [0.15, 0.2) is 5.10 Å². The zero-order chi connectivity index (χ0) is 19.1. The molecule has 0 fully saturated rings. The third kappa shape index (κ3) is 3.23. The van der Waals surface area contributed by atoms with E-state index < -0.39 is 35.3 Å². The van der Waals surface area contributed by atoms with Gasteiger partial charge >= 0.3 is 5.69 Å². The number of aryl methyl sites for hydroxylation is 1. The molecule has 2 atom stereocenters. The number of rotatable bonds is 5. The highest BCUT2D eigenvalue weighted by atomic mass is 19.3. The molecule has 0 aliphatic carbocycles. The second kappa shape index (κ2) is 6.47. The second-order valence-electron chi connectivity index (χ2n) is 6.20. The number of hydrogen-bond acceptors (Lipinski definition) is 6. The van der Waals surface area contributed by atoms with Crippen LogP contribution in [0, 0.1) is 29.9 Å². The van der Waals surface area contributed by atoms with E-state index in [1.54, 1.807) is 0 Å². The van der Waals surface area contributed by atoms with Gasteiger partial charge in [0.25, 0.3) is 6.43 Å². The maximum atomic E-state index is 13.2. The van der Waals surface area contributed by atoms with Crippen molar-refractivity contribution < 1.29 is 23.6 Å². The molecule has 0 aromatic carbocycles. The number of alkyl halides is 2. The molecule has 1 amide bonds. The largest absolute Gasteiger partial charge is 0.364 e. The Labute approximate surface area is 142 Å². The monoisotopic (exact) mass is 359 g/mol. The summed E-state index contributed by atoms with van der Waals surface area (Å²) >= 11 is 0. The van der Waals surface area contributed by atoms with Crippen LogP contribution in [-0.4, -0.2) is 48.6 Å². The Morgan fingerprint density at radius 2 is 2.04 bits per heavy atom. The summed E-state index contributed by atoms with van der Waals surface area (Å²) < 4.78 is 27.7. The minimum atomic E-state index is -3.18. The Kier molecular flexibility index (Phi) is 4.89. The van der Waals surface area contributed by atoms with E-state index in [0.717, 1.165) is 0 Å². The minimum Gasteiger partial charge on any atom is -0.364 e. The molecule has 0 bridgehead atoms.